The van der Waals surface area contributed by atoms with Gasteiger partial charge in [-0.05, 0) is 43.9 Å². The van der Waals surface area contributed by atoms with Crippen molar-refractivity contribution in [3.05, 3.63) is 36.2 Å². The molecule has 27 heavy (non-hydrogen) atoms. The lowest BCUT2D eigenvalue weighted by atomic mass is 10.0. The summed E-state index contributed by atoms with van der Waals surface area (Å²) in [4.78, 5) is 23.9. The summed E-state index contributed by atoms with van der Waals surface area (Å²) < 4.78 is 10.5. The molecule has 1 aliphatic rings. The van der Waals surface area contributed by atoms with Crippen molar-refractivity contribution in [3.8, 4) is 11.5 Å². The molecule has 1 N–H and O–H groups in total. The second-order valence-corrected chi connectivity index (χ2v) is 6.51. The third kappa shape index (κ3) is 4.30. The van der Waals surface area contributed by atoms with Crippen LogP contribution in [0.4, 0.5) is 11.6 Å². The highest BCUT2D eigenvalue weighted by Crippen LogP contribution is 2.29. The van der Waals surface area contributed by atoms with Gasteiger partial charge >= 0.3 is 0 Å². The Morgan fingerprint density at radius 1 is 1.26 bits per heavy atom. The second-order valence-electron chi connectivity index (χ2n) is 6.51. The topological polar surface area (TPSA) is 76.6 Å². The number of piperidine rings is 1. The first kappa shape index (κ1) is 18.9. The number of ether oxygens (including phenoxy) is 2. The molecule has 2 aromatic rings. The van der Waals surface area contributed by atoms with Crippen molar-refractivity contribution in [2.45, 2.75) is 38.6 Å². The van der Waals surface area contributed by atoms with E-state index in [1.54, 1.807) is 44.7 Å². The number of benzene rings is 1. The summed E-state index contributed by atoms with van der Waals surface area (Å²) in [5.41, 5.74) is 0.895. The summed E-state index contributed by atoms with van der Waals surface area (Å²) in [7, 11) is 3.13. The Balaban J connectivity index is 1.80. The van der Waals surface area contributed by atoms with Gasteiger partial charge in [-0.15, -0.1) is 0 Å². The van der Waals surface area contributed by atoms with Gasteiger partial charge in [0.15, 0.2) is 0 Å². The molecule has 1 amide bonds. The molecule has 0 bridgehead atoms. The molecule has 7 nitrogen and oxygen atoms in total. The number of hydrogen-bond donors (Lipinski definition) is 1. The van der Waals surface area contributed by atoms with E-state index in [1.165, 1.54) is 6.42 Å². The molecular weight excluding hydrogens is 344 g/mol. The van der Waals surface area contributed by atoms with Gasteiger partial charge in [-0.25, -0.2) is 9.97 Å². The van der Waals surface area contributed by atoms with Crippen LogP contribution in [0.1, 0.15) is 43.1 Å². The number of rotatable bonds is 6. The normalized spacial score (nSPS) is 16.7. The van der Waals surface area contributed by atoms with Crippen LogP contribution >= 0.6 is 0 Å². The van der Waals surface area contributed by atoms with E-state index in [1.807, 2.05) is 0 Å². The third-order valence-electron chi connectivity index (χ3n) is 4.89. The van der Waals surface area contributed by atoms with Crippen molar-refractivity contribution in [3.63, 3.8) is 0 Å². The molecule has 3 rings (SSSR count). The van der Waals surface area contributed by atoms with Crippen molar-refractivity contribution >= 4 is 17.5 Å². The zero-order valence-corrected chi connectivity index (χ0v) is 16.1. The van der Waals surface area contributed by atoms with Crippen LogP contribution in [0, 0.1) is 0 Å². The van der Waals surface area contributed by atoms with Gasteiger partial charge in [-0.2, -0.15) is 0 Å². The Hall–Kier alpha value is -2.83. The lowest BCUT2D eigenvalue weighted by Crippen LogP contribution is -2.40. The molecule has 0 saturated carbocycles. The highest BCUT2D eigenvalue weighted by molar-refractivity contribution is 6.03. The maximum atomic E-state index is 12.7. The standard InChI is InChI=1S/C20H26N4O3/c1-4-14-7-5-6-12-24(14)20-21-11-10-17(23-20)19(25)22-16-9-8-15(26-2)13-18(16)27-3/h8-11,13-14H,4-7,12H2,1-3H3,(H,22,25). The number of anilines is 2. The molecule has 144 valence electrons. The van der Waals surface area contributed by atoms with Crippen LogP contribution in [-0.2, 0) is 0 Å². The molecule has 1 aromatic carbocycles. The Morgan fingerprint density at radius 2 is 2.11 bits per heavy atom. The Kier molecular flexibility index (Phi) is 6.11. The molecule has 1 unspecified atom stereocenters. The number of nitrogens with one attached hydrogen (secondary N) is 1. The van der Waals surface area contributed by atoms with Gasteiger partial charge in [0.25, 0.3) is 5.91 Å². The summed E-state index contributed by atoms with van der Waals surface area (Å²) in [5, 5.41) is 2.86. The zero-order valence-electron chi connectivity index (χ0n) is 16.1. The van der Waals surface area contributed by atoms with Crippen LogP contribution in [-0.4, -0.2) is 42.7 Å². The average Bonchev–Trinajstić information content (AvgIpc) is 2.74. The number of amides is 1. The molecule has 0 aliphatic carbocycles. The number of hydrogen-bond acceptors (Lipinski definition) is 6. The van der Waals surface area contributed by atoms with Gasteiger partial charge in [0.1, 0.15) is 17.2 Å². The van der Waals surface area contributed by atoms with Crippen LogP contribution in [0.2, 0.25) is 0 Å². The maximum Gasteiger partial charge on any atom is 0.274 e. The van der Waals surface area contributed by atoms with Crippen molar-refractivity contribution in [1.82, 2.24) is 9.97 Å². The first-order valence-electron chi connectivity index (χ1n) is 9.29. The van der Waals surface area contributed by atoms with Crippen molar-refractivity contribution in [1.29, 1.82) is 0 Å². The van der Waals surface area contributed by atoms with Gasteiger partial charge in [0.2, 0.25) is 5.95 Å². The lowest BCUT2D eigenvalue weighted by molar-refractivity contribution is 0.102. The van der Waals surface area contributed by atoms with E-state index in [-0.39, 0.29) is 5.91 Å². The third-order valence-corrected chi connectivity index (χ3v) is 4.89. The predicted molar refractivity (Wildman–Crippen MR) is 105 cm³/mol. The number of methoxy groups -OCH3 is 2. The van der Waals surface area contributed by atoms with Gasteiger partial charge < -0.3 is 19.7 Å². The molecular formula is C20H26N4O3. The van der Waals surface area contributed by atoms with E-state index in [2.05, 4.69) is 27.1 Å². The van der Waals surface area contributed by atoms with Crippen LogP contribution < -0.4 is 19.7 Å². The molecule has 1 aromatic heterocycles. The SMILES string of the molecule is CCC1CCCCN1c1nccc(C(=O)Nc2ccc(OC)cc2OC)n1. The largest absolute Gasteiger partial charge is 0.497 e. The molecule has 0 spiro atoms. The smallest absolute Gasteiger partial charge is 0.274 e. The Bertz CT molecular complexity index is 797. The Morgan fingerprint density at radius 3 is 2.85 bits per heavy atom. The Labute approximate surface area is 159 Å². The first-order chi connectivity index (χ1) is 13.2. The summed E-state index contributed by atoms with van der Waals surface area (Å²) in [6.07, 6.45) is 6.18. The fourth-order valence-electron chi connectivity index (χ4n) is 3.39. The molecule has 7 heteroatoms. The maximum absolute atomic E-state index is 12.7. The summed E-state index contributed by atoms with van der Waals surface area (Å²) in [5.74, 6) is 1.51. The molecule has 1 fully saturated rings. The minimum Gasteiger partial charge on any atom is -0.497 e. The summed E-state index contributed by atoms with van der Waals surface area (Å²) in [6.45, 7) is 3.10. The number of carbonyl (C=O) groups is 1. The molecule has 1 aliphatic heterocycles. The van der Waals surface area contributed by atoms with Gasteiger partial charge in [-0.3, -0.25) is 4.79 Å². The minimum absolute atomic E-state index is 0.299. The second kappa shape index (κ2) is 8.70. The quantitative estimate of drug-likeness (QED) is 0.838. The molecule has 1 saturated heterocycles. The molecule has 1 atom stereocenters. The van der Waals surface area contributed by atoms with Crippen LogP contribution in [0.25, 0.3) is 0 Å². The van der Waals surface area contributed by atoms with E-state index in [9.17, 15) is 4.79 Å². The monoisotopic (exact) mass is 370 g/mol. The first-order valence-corrected chi connectivity index (χ1v) is 9.29. The van der Waals surface area contributed by atoms with E-state index >= 15 is 0 Å². The van der Waals surface area contributed by atoms with Gasteiger partial charge in [0.05, 0.1) is 19.9 Å². The number of carbonyl (C=O) groups excluding carboxylic acids is 1. The number of nitrogens with zero attached hydrogens (tertiary/aromatic N) is 3. The van der Waals surface area contributed by atoms with Crippen molar-refractivity contribution in [2.24, 2.45) is 0 Å². The molecule has 2 heterocycles. The van der Waals surface area contributed by atoms with E-state index < -0.39 is 0 Å². The minimum atomic E-state index is -0.299. The number of aromatic nitrogens is 2. The van der Waals surface area contributed by atoms with Crippen LogP contribution in [0.3, 0.4) is 0 Å². The zero-order chi connectivity index (χ0) is 19.2. The van der Waals surface area contributed by atoms with Crippen LogP contribution in [0.15, 0.2) is 30.5 Å². The van der Waals surface area contributed by atoms with E-state index in [0.717, 1.165) is 25.8 Å². The van der Waals surface area contributed by atoms with Crippen LogP contribution in [0.5, 0.6) is 11.5 Å². The highest BCUT2D eigenvalue weighted by Gasteiger charge is 2.24. The highest BCUT2D eigenvalue weighted by atomic mass is 16.5. The van der Waals surface area contributed by atoms with Crippen molar-refractivity contribution in [2.75, 3.05) is 31.0 Å². The van der Waals surface area contributed by atoms with Gasteiger partial charge in [-0.1, -0.05) is 6.92 Å². The average molecular weight is 370 g/mol. The fourth-order valence-corrected chi connectivity index (χ4v) is 3.39. The lowest BCUT2D eigenvalue weighted by Gasteiger charge is -2.35. The van der Waals surface area contributed by atoms with E-state index in [0.29, 0.717) is 34.9 Å². The summed E-state index contributed by atoms with van der Waals surface area (Å²) in [6, 6.07) is 7.29. The fraction of sp³-hybridized carbons (Fsp3) is 0.450. The van der Waals surface area contributed by atoms with E-state index in [4.69, 9.17) is 9.47 Å². The van der Waals surface area contributed by atoms with Crippen molar-refractivity contribution < 1.29 is 14.3 Å². The van der Waals surface area contributed by atoms with Gasteiger partial charge in [0, 0.05) is 24.8 Å². The predicted octanol–water partition coefficient (Wildman–Crippen LogP) is 3.52. The molecule has 0 radical (unpaired) electrons. The summed E-state index contributed by atoms with van der Waals surface area (Å²) >= 11 is 0.